The summed E-state index contributed by atoms with van der Waals surface area (Å²) in [6, 6.07) is 7.27. The molecule has 0 bridgehead atoms. The van der Waals surface area contributed by atoms with E-state index in [2.05, 4.69) is 22.9 Å². The third-order valence-corrected chi connectivity index (χ3v) is 4.34. The first-order valence-electron chi connectivity index (χ1n) is 8.44. The van der Waals surface area contributed by atoms with E-state index in [4.69, 9.17) is 0 Å². The quantitative estimate of drug-likeness (QED) is 0.786. The Morgan fingerprint density at radius 2 is 1.74 bits per heavy atom. The standard InChI is InChI=1S/C18H27N3O2/c1-12(2)17(22)19-14-8-6-9-15(11-14)20-18(23)21-16-10-5-4-7-13(16)3/h6,8-9,11-13,16H,4-5,7,10H2,1-3H3,(H,19,22)(H2,20,21,23). The number of nitrogens with one attached hydrogen (secondary N) is 3. The zero-order chi connectivity index (χ0) is 16.8. The molecular weight excluding hydrogens is 290 g/mol. The lowest BCUT2D eigenvalue weighted by Gasteiger charge is -2.29. The van der Waals surface area contributed by atoms with E-state index in [0.717, 1.165) is 6.42 Å². The predicted molar refractivity (Wildman–Crippen MR) is 93.5 cm³/mol. The van der Waals surface area contributed by atoms with Crippen LogP contribution in [0.5, 0.6) is 0 Å². The van der Waals surface area contributed by atoms with Crippen LogP contribution in [0.2, 0.25) is 0 Å². The minimum atomic E-state index is -0.184. The Morgan fingerprint density at radius 3 is 2.39 bits per heavy atom. The Labute approximate surface area is 138 Å². The van der Waals surface area contributed by atoms with Crippen LogP contribution in [0.3, 0.4) is 0 Å². The van der Waals surface area contributed by atoms with Gasteiger partial charge in [0, 0.05) is 23.3 Å². The number of benzene rings is 1. The fourth-order valence-corrected chi connectivity index (χ4v) is 2.83. The van der Waals surface area contributed by atoms with Crippen LogP contribution in [0, 0.1) is 11.8 Å². The number of anilines is 2. The molecule has 0 heterocycles. The first-order valence-corrected chi connectivity index (χ1v) is 8.44. The van der Waals surface area contributed by atoms with Gasteiger partial charge >= 0.3 is 6.03 Å². The van der Waals surface area contributed by atoms with Gasteiger partial charge in [0.2, 0.25) is 5.91 Å². The molecule has 0 spiro atoms. The zero-order valence-corrected chi connectivity index (χ0v) is 14.2. The van der Waals surface area contributed by atoms with Gasteiger partial charge in [-0.05, 0) is 37.0 Å². The van der Waals surface area contributed by atoms with Crippen molar-refractivity contribution in [1.82, 2.24) is 5.32 Å². The van der Waals surface area contributed by atoms with E-state index in [9.17, 15) is 9.59 Å². The minimum absolute atomic E-state index is 0.0392. The smallest absolute Gasteiger partial charge is 0.319 e. The molecule has 0 aromatic heterocycles. The van der Waals surface area contributed by atoms with E-state index in [1.54, 1.807) is 6.07 Å². The summed E-state index contributed by atoms with van der Waals surface area (Å²) in [5, 5.41) is 8.74. The van der Waals surface area contributed by atoms with Crippen molar-refractivity contribution in [2.24, 2.45) is 11.8 Å². The summed E-state index contributed by atoms with van der Waals surface area (Å²) in [5.74, 6) is 0.400. The normalized spacial score (nSPS) is 20.9. The summed E-state index contributed by atoms with van der Waals surface area (Å²) < 4.78 is 0. The Kier molecular flexibility index (Phi) is 6.02. The molecule has 23 heavy (non-hydrogen) atoms. The average Bonchev–Trinajstić information content (AvgIpc) is 2.49. The molecule has 5 heteroatoms. The maximum atomic E-state index is 12.2. The summed E-state index contributed by atoms with van der Waals surface area (Å²) in [4.78, 5) is 23.9. The molecule has 1 saturated carbocycles. The van der Waals surface area contributed by atoms with E-state index in [-0.39, 0.29) is 23.9 Å². The molecule has 1 aromatic carbocycles. The van der Waals surface area contributed by atoms with Crippen molar-refractivity contribution in [3.63, 3.8) is 0 Å². The topological polar surface area (TPSA) is 70.2 Å². The molecule has 2 rings (SSSR count). The lowest BCUT2D eigenvalue weighted by atomic mass is 9.86. The second-order valence-corrected chi connectivity index (χ2v) is 6.69. The Hall–Kier alpha value is -2.04. The first kappa shape index (κ1) is 17.3. The molecule has 126 valence electrons. The summed E-state index contributed by atoms with van der Waals surface area (Å²) in [6.45, 7) is 5.87. The van der Waals surface area contributed by atoms with Crippen molar-refractivity contribution < 1.29 is 9.59 Å². The number of carbonyl (C=O) groups excluding carboxylic acids is 2. The molecule has 3 amide bonds. The lowest BCUT2D eigenvalue weighted by Crippen LogP contribution is -2.43. The highest BCUT2D eigenvalue weighted by molar-refractivity contribution is 5.94. The molecule has 1 aromatic rings. The average molecular weight is 317 g/mol. The molecule has 1 fully saturated rings. The Bertz CT molecular complexity index is 557. The van der Waals surface area contributed by atoms with Crippen molar-refractivity contribution >= 4 is 23.3 Å². The highest BCUT2D eigenvalue weighted by atomic mass is 16.2. The van der Waals surface area contributed by atoms with Crippen molar-refractivity contribution in [3.05, 3.63) is 24.3 Å². The molecule has 1 aliphatic carbocycles. The number of carbonyl (C=O) groups is 2. The van der Waals surface area contributed by atoms with Crippen molar-refractivity contribution in [2.75, 3.05) is 10.6 Å². The summed E-state index contributed by atoms with van der Waals surface area (Å²) in [5.41, 5.74) is 1.36. The van der Waals surface area contributed by atoms with E-state index >= 15 is 0 Å². The van der Waals surface area contributed by atoms with Gasteiger partial charge in [-0.2, -0.15) is 0 Å². The fraction of sp³-hybridized carbons (Fsp3) is 0.556. The molecule has 5 nitrogen and oxygen atoms in total. The fourth-order valence-electron chi connectivity index (χ4n) is 2.83. The Balaban J connectivity index is 1.91. The first-order chi connectivity index (χ1) is 11.0. The molecule has 2 unspecified atom stereocenters. The van der Waals surface area contributed by atoms with Gasteiger partial charge in [-0.25, -0.2) is 4.79 Å². The lowest BCUT2D eigenvalue weighted by molar-refractivity contribution is -0.118. The van der Waals surface area contributed by atoms with Gasteiger partial charge in [-0.15, -0.1) is 0 Å². The van der Waals surface area contributed by atoms with Gasteiger partial charge in [0.25, 0.3) is 0 Å². The van der Waals surface area contributed by atoms with Gasteiger partial charge in [0.15, 0.2) is 0 Å². The van der Waals surface area contributed by atoms with Gasteiger partial charge in [-0.3, -0.25) is 4.79 Å². The van der Waals surface area contributed by atoms with Gasteiger partial charge in [0.1, 0.15) is 0 Å². The molecular formula is C18H27N3O2. The maximum Gasteiger partial charge on any atom is 0.319 e. The van der Waals surface area contributed by atoms with Crippen molar-refractivity contribution in [2.45, 2.75) is 52.5 Å². The number of hydrogen-bond donors (Lipinski definition) is 3. The predicted octanol–water partition coefficient (Wildman–Crippen LogP) is 3.98. The number of amides is 3. The largest absolute Gasteiger partial charge is 0.335 e. The van der Waals surface area contributed by atoms with Crippen LogP contribution in [0.4, 0.5) is 16.2 Å². The third-order valence-electron chi connectivity index (χ3n) is 4.34. The monoisotopic (exact) mass is 317 g/mol. The second kappa shape index (κ2) is 7.99. The van der Waals surface area contributed by atoms with Crippen LogP contribution >= 0.6 is 0 Å². The highest BCUT2D eigenvalue weighted by Crippen LogP contribution is 2.24. The maximum absolute atomic E-state index is 12.2. The number of urea groups is 1. The number of rotatable bonds is 4. The molecule has 0 radical (unpaired) electrons. The van der Waals surface area contributed by atoms with E-state index in [1.165, 1.54) is 19.3 Å². The minimum Gasteiger partial charge on any atom is -0.335 e. The van der Waals surface area contributed by atoms with Crippen molar-refractivity contribution in [3.8, 4) is 0 Å². The summed E-state index contributed by atoms with van der Waals surface area (Å²) in [7, 11) is 0. The molecule has 0 aliphatic heterocycles. The highest BCUT2D eigenvalue weighted by Gasteiger charge is 2.22. The SMILES string of the molecule is CC(C)C(=O)Nc1cccc(NC(=O)NC2CCCCC2C)c1. The summed E-state index contributed by atoms with van der Waals surface area (Å²) in [6.07, 6.45) is 4.63. The molecule has 0 saturated heterocycles. The number of hydrogen-bond acceptors (Lipinski definition) is 2. The molecule has 1 aliphatic rings. The van der Waals surface area contributed by atoms with E-state index in [1.807, 2.05) is 32.0 Å². The van der Waals surface area contributed by atoms with E-state index in [0.29, 0.717) is 17.3 Å². The summed E-state index contributed by atoms with van der Waals surface area (Å²) >= 11 is 0. The van der Waals surface area contributed by atoms with Crippen LogP contribution < -0.4 is 16.0 Å². The van der Waals surface area contributed by atoms with Gasteiger partial charge in [0.05, 0.1) is 0 Å². The second-order valence-electron chi connectivity index (χ2n) is 6.69. The van der Waals surface area contributed by atoms with Crippen molar-refractivity contribution in [1.29, 1.82) is 0 Å². The zero-order valence-electron chi connectivity index (χ0n) is 14.2. The third kappa shape index (κ3) is 5.27. The van der Waals surface area contributed by atoms with E-state index < -0.39 is 0 Å². The molecule has 2 atom stereocenters. The van der Waals surface area contributed by atoms with Crippen LogP contribution in [-0.4, -0.2) is 18.0 Å². The van der Waals surface area contributed by atoms with Gasteiger partial charge < -0.3 is 16.0 Å². The van der Waals surface area contributed by atoms with Crippen LogP contribution in [-0.2, 0) is 4.79 Å². The van der Waals surface area contributed by atoms with Crippen LogP contribution in [0.15, 0.2) is 24.3 Å². The van der Waals surface area contributed by atoms with Crippen LogP contribution in [0.1, 0.15) is 46.5 Å². The Morgan fingerprint density at radius 1 is 1.09 bits per heavy atom. The van der Waals surface area contributed by atoms with Crippen LogP contribution in [0.25, 0.3) is 0 Å². The molecule has 3 N–H and O–H groups in total. The van der Waals surface area contributed by atoms with Gasteiger partial charge in [-0.1, -0.05) is 39.7 Å².